The third-order valence-electron chi connectivity index (χ3n) is 1.08. The van der Waals surface area contributed by atoms with Crippen molar-refractivity contribution in [2.45, 2.75) is 13.8 Å². The molecule has 0 aliphatic heterocycles. The van der Waals surface area contributed by atoms with Gasteiger partial charge in [0.1, 0.15) is 0 Å². The van der Waals surface area contributed by atoms with E-state index < -0.39 is 0 Å². The second kappa shape index (κ2) is 6.99. The molecule has 0 bridgehead atoms. The van der Waals surface area contributed by atoms with Crippen LogP contribution in [-0.4, -0.2) is 26.9 Å². The Balaban J connectivity index is 3.00. The van der Waals surface area contributed by atoms with Gasteiger partial charge in [0, 0.05) is 12.5 Å². The Morgan fingerprint density at radius 1 is 1.30 bits per heavy atom. The summed E-state index contributed by atoms with van der Waals surface area (Å²) >= 11 is 0. The molecule has 0 saturated carbocycles. The van der Waals surface area contributed by atoms with Crippen molar-refractivity contribution >= 4 is 0 Å². The first-order chi connectivity index (χ1) is 4.81. The SMILES string of the molecule is CCOCC(C)COOC. The van der Waals surface area contributed by atoms with Gasteiger partial charge in [0.05, 0.1) is 20.3 Å². The first-order valence-electron chi connectivity index (χ1n) is 3.54. The van der Waals surface area contributed by atoms with Gasteiger partial charge in [-0.15, -0.1) is 0 Å². The van der Waals surface area contributed by atoms with E-state index in [1.165, 1.54) is 7.11 Å². The van der Waals surface area contributed by atoms with Crippen molar-refractivity contribution in [3.8, 4) is 0 Å². The maximum atomic E-state index is 5.16. The van der Waals surface area contributed by atoms with Gasteiger partial charge in [-0.1, -0.05) is 6.92 Å². The average Bonchev–Trinajstić information content (AvgIpc) is 1.97. The van der Waals surface area contributed by atoms with E-state index >= 15 is 0 Å². The van der Waals surface area contributed by atoms with Gasteiger partial charge in [-0.3, -0.25) is 0 Å². The van der Waals surface area contributed by atoms with Crippen LogP contribution in [-0.2, 0) is 14.5 Å². The van der Waals surface area contributed by atoms with Gasteiger partial charge in [0.2, 0.25) is 0 Å². The minimum absolute atomic E-state index is 0.403. The molecule has 10 heavy (non-hydrogen) atoms. The fourth-order valence-corrected chi connectivity index (χ4v) is 0.551. The van der Waals surface area contributed by atoms with Crippen molar-refractivity contribution in [1.82, 2.24) is 0 Å². The summed E-state index contributed by atoms with van der Waals surface area (Å²) in [5.74, 6) is 0.403. The summed E-state index contributed by atoms with van der Waals surface area (Å²) in [4.78, 5) is 9.15. The van der Waals surface area contributed by atoms with Crippen LogP contribution in [0.4, 0.5) is 0 Å². The van der Waals surface area contributed by atoms with Crippen molar-refractivity contribution in [3.05, 3.63) is 0 Å². The Morgan fingerprint density at radius 2 is 2.00 bits per heavy atom. The van der Waals surface area contributed by atoms with Gasteiger partial charge < -0.3 is 4.74 Å². The van der Waals surface area contributed by atoms with Crippen molar-refractivity contribution in [1.29, 1.82) is 0 Å². The number of hydrogen-bond donors (Lipinski definition) is 0. The van der Waals surface area contributed by atoms with E-state index in [0.29, 0.717) is 12.5 Å². The van der Waals surface area contributed by atoms with Crippen molar-refractivity contribution in [2.75, 3.05) is 26.9 Å². The molecule has 3 nitrogen and oxygen atoms in total. The minimum Gasteiger partial charge on any atom is -0.381 e. The lowest BCUT2D eigenvalue weighted by atomic mass is 10.2. The molecule has 0 fully saturated rings. The van der Waals surface area contributed by atoms with E-state index in [1.807, 2.05) is 6.92 Å². The molecular weight excluding hydrogens is 132 g/mol. The van der Waals surface area contributed by atoms with Gasteiger partial charge in [-0.25, -0.2) is 9.78 Å². The highest BCUT2D eigenvalue weighted by Crippen LogP contribution is 1.96. The molecule has 0 aliphatic rings. The molecule has 0 spiro atoms. The van der Waals surface area contributed by atoms with Crippen LogP contribution >= 0.6 is 0 Å². The zero-order valence-electron chi connectivity index (χ0n) is 6.92. The van der Waals surface area contributed by atoms with Crippen molar-refractivity contribution < 1.29 is 14.5 Å². The topological polar surface area (TPSA) is 27.7 Å². The maximum Gasteiger partial charge on any atom is 0.0869 e. The summed E-state index contributed by atoms with van der Waals surface area (Å²) in [7, 11) is 1.51. The van der Waals surface area contributed by atoms with Gasteiger partial charge in [-0.05, 0) is 6.92 Å². The van der Waals surface area contributed by atoms with E-state index in [4.69, 9.17) is 9.62 Å². The number of ether oxygens (including phenoxy) is 1. The zero-order chi connectivity index (χ0) is 7.82. The van der Waals surface area contributed by atoms with Crippen LogP contribution in [0.25, 0.3) is 0 Å². The van der Waals surface area contributed by atoms with Crippen molar-refractivity contribution in [2.24, 2.45) is 5.92 Å². The Kier molecular flexibility index (Phi) is 6.91. The highest BCUT2D eigenvalue weighted by molar-refractivity contribution is 4.45. The van der Waals surface area contributed by atoms with Crippen LogP contribution in [0.2, 0.25) is 0 Å². The van der Waals surface area contributed by atoms with Crippen LogP contribution in [0.3, 0.4) is 0 Å². The quantitative estimate of drug-likeness (QED) is 0.419. The summed E-state index contributed by atoms with van der Waals surface area (Å²) in [5, 5.41) is 0. The third kappa shape index (κ3) is 6.01. The van der Waals surface area contributed by atoms with Crippen LogP contribution < -0.4 is 0 Å². The standard InChI is InChI=1S/C7H16O3/c1-4-9-5-7(2)6-10-8-3/h7H,4-6H2,1-3H3. The maximum absolute atomic E-state index is 5.16. The Bertz CT molecular complexity index is 57.9. The monoisotopic (exact) mass is 148 g/mol. The molecular formula is C7H16O3. The van der Waals surface area contributed by atoms with E-state index in [-0.39, 0.29) is 0 Å². The summed E-state index contributed by atoms with van der Waals surface area (Å²) in [6.45, 7) is 6.12. The minimum atomic E-state index is 0.403. The Hall–Kier alpha value is -0.120. The molecule has 0 aromatic carbocycles. The molecule has 0 N–H and O–H groups in total. The molecule has 0 aromatic heterocycles. The second-order valence-corrected chi connectivity index (χ2v) is 2.22. The normalized spacial score (nSPS) is 13.5. The molecule has 3 heteroatoms. The summed E-state index contributed by atoms with van der Waals surface area (Å²) in [5.41, 5.74) is 0. The second-order valence-electron chi connectivity index (χ2n) is 2.22. The van der Waals surface area contributed by atoms with Crippen LogP contribution in [0.5, 0.6) is 0 Å². The predicted molar refractivity (Wildman–Crippen MR) is 38.6 cm³/mol. The Labute approximate surface area is 62.2 Å². The lowest BCUT2D eigenvalue weighted by Gasteiger charge is -2.08. The van der Waals surface area contributed by atoms with Gasteiger partial charge >= 0.3 is 0 Å². The first-order valence-corrected chi connectivity index (χ1v) is 3.54. The van der Waals surface area contributed by atoms with Gasteiger partial charge in [-0.2, -0.15) is 0 Å². The lowest BCUT2D eigenvalue weighted by Crippen LogP contribution is -2.12. The molecule has 0 amide bonds. The molecule has 0 saturated heterocycles. The van der Waals surface area contributed by atoms with Crippen LogP contribution in [0.1, 0.15) is 13.8 Å². The smallest absolute Gasteiger partial charge is 0.0869 e. The fraction of sp³-hybridized carbons (Fsp3) is 1.00. The molecule has 1 unspecified atom stereocenters. The molecule has 1 atom stereocenters. The van der Waals surface area contributed by atoms with Crippen LogP contribution in [0, 0.1) is 5.92 Å². The zero-order valence-corrected chi connectivity index (χ0v) is 6.92. The van der Waals surface area contributed by atoms with Gasteiger partial charge in [0.15, 0.2) is 0 Å². The third-order valence-corrected chi connectivity index (χ3v) is 1.08. The molecule has 0 radical (unpaired) electrons. The van der Waals surface area contributed by atoms with E-state index in [1.54, 1.807) is 0 Å². The first kappa shape index (κ1) is 9.88. The largest absolute Gasteiger partial charge is 0.381 e. The molecule has 0 aliphatic carbocycles. The Morgan fingerprint density at radius 3 is 2.50 bits per heavy atom. The van der Waals surface area contributed by atoms with E-state index in [0.717, 1.165) is 13.2 Å². The van der Waals surface area contributed by atoms with Crippen molar-refractivity contribution in [3.63, 3.8) is 0 Å². The number of hydrogen-bond acceptors (Lipinski definition) is 3. The summed E-state index contributed by atoms with van der Waals surface area (Å²) < 4.78 is 5.16. The highest BCUT2D eigenvalue weighted by Gasteiger charge is 2.00. The summed E-state index contributed by atoms with van der Waals surface area (Å²) in [6.07, 6.45) is 0. The van der Waals surface area contributed by atoms with Crippen LogP contribution in [0.15, 0.2) is 0 Å². The van der Waals surface area contributed by atoms with E-state index in [9.17, 15) is 0 Å². The number of rotatable bonds is 6. The average molecular weight is 148 g/mol. The molecule has 0 heterocycles. The highest BCUT2D eigenvalue weighted by atomic mass is 17.2. The summed E-state index contributed by atoms with van der Waals surface area (Å²) in [6, 6.07) is 0. The van der Waals surface area contributed by atoms with E-state index in [2.05, 4.69) is 11.8 Å². The molecule has 0 aromatic rings. The molecule has 62 valence electrons. The predicted octanol–water partition coefficient (Wildman–Crippen LogP) is 1.24. The van der Waals surface area contributed by atoms with Gasteiger partial charge in [0.25, 0.3) is 0 Å². The fourth-order valence-electron chi connectivity index (χ4n) is 0.551. The lowest BCUT2D eigenvalue weighted by molar-refractivity contribution is -0.280. The molecule has 0 rings (SSSR count).